The highest BCUT2D eigenvalue weighted by molar-refractivity contribution is 5.81. The number of carbonyl (C=O) groups is 2. The Morgan fingerprint density at radius 1 is 1.06 bits per heavy atom. The van der Waals surface area contributed by atoms with Crippen LogP contribution in [0.2, 0.25) is 0 Å². The Balaban J connectivity index is 1.43. The first-order valence-electron chi connectivity index (χ1n) is 14.0. The van der Waals surface area contributed by atoms with E-state index in [0.29, 0.717) is 37.2 Å². The molecule has 4 fully saturated rings. The van der Waals surface area contributed by atoms with Crippen LogP contribution in [0.3, 0.4) is 0 Å². The van der Waals surface area contributed by atoms with Crippen molar-refractivity contribution < 1.29 is 29.6 Å². The lowest BCUT2D eigenvalue weighted by atomic mass is 9.43. The second-order valence-electron chi connectivity index (χ2n) is 12.6. The van der Waals surface area contributed by atoms with E-state index < -0.39 is 12.1 Å². The second-order valence-corrected chi connectivity index (χ2v) is 12.6. The maximum atomic E-state index is 12.3. The van der Waals surface area contributed by atoms with Gasteiger partial charge < -0.3 is 25.4 Å². The fourth-order valence-corrected chi connectivity index (χ4v) is 9.16. The minimum absolute atomic E-state index is 0.0755. The number of ether oxygens (including phenoxy) is 1. The molecule has 0 aliphatic heterocycles. The molecule has 0 heterocycles. The molecule has 3 unspecified atom stereocenters. The average molecular weight is 494 g/mol. The highest BCUT2D eigenvalue weighted by Gasteiger charge is 2.65. The molecule has 0 aromatic heterocycles. The van der Waals surface area contributed by atoms with Crippen molar-refractivity contribution in [3.63, 3.8) is 0 Å². The van der Waals surface area contributed by atoms with E-state index in [1.807, 2.05) is 0 Å². The Bertz CT molecular complexity index is 789. The van der Waals surface area contributed by atoms with Crippen molar-refractivity contribution in [3.8, 4) is 0 Å². The number of carbonyl (C=O) groups excluding carboxylic acids is 2. The maximum Gasteiger partial charge on any atom is 0.325 e. The third-order valence-corrected chi connectivity index (χ3v) is 11.1. The molecule has 35 heavy (non-hydrogen) atoms. The molecular formula is C28H47NO6. The van der Waals surface area contributed by atoms with Gasteiger partial charge in [0.15, 0.2) is 0 Å². The lowest BCUT2D eigenvalue weighted by Gasteiger charge is -2.63. The first-order valence-corrected chi connectivity index (χ1v) is 14.0. The maximum absolute atomic E-state index is 12.3. The van der Waals surface area contributed by atoms with Crippen LogP contribution in [-0.2, 0) is 14.3 Å². The number of hydrogen-bond acceptors (Lipinski definition) is 6. The van der Waals surface area contributed by atoms with Crippen LogP contribution in [0.15, 0.2) is 0 Å². The van der Waals surface area contributed by atoms with Crippen LogP contribution in [-0.4, -0.2) is 58.7 Å². The van der Waals surface area contributed by atoms with Gasteiger partial charge in [-0.1, -0.05) is 20.8 Å². The molecule has 7 heteroatoms. The van der Waals surface area contributed by atoms with Crippen LogP contribution >= 0.6 is 0 Å². The van der Waals surface area contributed by atoms with Gasteiger partial charge in [0, 0.05) is 6.42 Å². The number of amides is 1. The molecule has 200 valence electrons. The quantitative estimate of drug-likeness (QED) is 0.405. The predicted molar refractivity (Wildman–Crippen MR) is 132 cm³/mol. The van der Waals surface area contributed by atoms with Gasteiger partial charge in [-0.25, -0.2) is 0 Å². The minimum atomic E-state index is -0.422. The number of aliphatic hydroxyl groups is 3. The number of rotatable bonds is 7. The van der Waals surface area contributed by atoms with Crippen LogP contribution in [0, 0.1) is 46.3 Å². The van der Waals surface area contributed by atoms with Crippen molar-refractivity contribution in [2.45, 2.75) is 104 Å². The van der Waals surface area contributed by atoms with E-state index in [2.05, 4.69) is 26.1 Å². The topological polar surface area (TPSA) is 116 Å². The number of hydrogen-bond donors (Lipinski definition) is 4. The van der Waals surface area contributed by atoms with Crippen LogP contribution in [0.25, 0.3) is 0 Å². The molecule has 4 N–H and O–H groups in total. The first-order chi connectivity index (χ1) is 16.5. The van der Waals surface area contributed by atoms with E-state index in [1.54, 1.807) is 6.92 Å². The normalized spacial score (nSPS) is 45.6. The van der Waals surface area contributed by atoms with Crippen molar-refractivity contribution in [3.05, 3.63) is 0 Å². The summed E-state index contributed by atoms with van der Waals surface area (Å²) < 4.78 is 4.87. The summed E-state index contributed by atoms with van der Waals surface area (Å²) in [6, 6.07) is 0. The second kappa shape index (κ2) is 10.3. The highest BCUT2D eigenvalue weighted by atomic mass is 16.5. The molecule has 4 aliphatic rings. The fourth-order valence-electron chi connectivity index (χ4n) is 9.16. The molecule has 0 spiro atoms. The van der Waals surface area contributed by atoms with Crippen molar-refractivity contribution in [1.29, 1.82) is 0 Å². The zero-order valence-corrected chi connectivity index (χ0v) is 22.0. The predicted octanol–water partition coefficient (Wildman–Crippen LogP) is 3.04. The number of fused-ring (bicyclic) bond motifs is 5. The van der Waals surface area contributed by atoms with Crippen LogP contribution in [0.4, 0.5) is 0 Å². The summed E-state index contributed by atoms with van der Waals surface area (Å²) in [6.45, 7) is 8.72. The monoisotopic (exact) mass is 493 g/mol. The first kappa shape index (κ1) is 26.9. The van der Waals surface area contributed by atoms with E-state index in [1.165, 1.54) is 0 Å². The molecule has 11 atom stereocenters. The lowest BCUT2D eigenvalue weighted by molar-refractivity contribution is -0.207. The fraction of sp³-hybridized carbons (Fsp3) is 0.929. The molecule has 0 aromatic rings. The highest BCUT2D eigenvalue weighted by Crippen LogP contribution is 2.68. The third kappa shape index (κ3) is 4.77. The van der Waals surface area contributed by atoms with Crippen molar-refractivity contribution in [2.75, 3.05) is 13.2 Å². The smallest absolute Gasteiger partial charge is 0.325 e. The van der Waals surface area contributed by atoms with Gasteiger partial charge in [-0.3, -0.25) is 9.59 Å². The molecule has 4 aliphatic carbocycles. The van der Waals surface area contributed by atoms with E-state index in [9.17, 15) is 24.9 Å². The zero-order chi connectivity index (χ0) is 25.5. The van der Waals surface area contributed by atoms with Gasteiger partial charge in [0.2, 0.25) is 5.91 Å². The summed E-state index contributed by atoms with van der Waals surface area (Å²) >= 11 is 0. The molecule has 0 bridgehead atoms. The molecular weight excluding hydrogens is 446 g/mol. The van der Waals surface area contributed by atoms with Gasteiger partial charge in [-0.05, 0) is 105 Å². The number of aliphatic hydroxyl groups excluding tert-OH is 3. The van der Waals surface area contributed by atoms with E-state index in [4.69, 9.17) is 4.74 Å². The Morgan fingerprint density at radius 2 is 1.80 bits per heavy atom. The SMILES string of the molecule is CCOC(=O)CNC(=O)CC[C@@H](C)[C@H]1CCC2C3C(C[C@H](O)[C@@]21C)[C@@]1(C)CC[C@@H](O)C[C@H]1C[C@H]3O. The molecule has 0 radical (unpaired) electrons. The summed E-state index contributed by atoms with van der Waals surface area (Å²) in [6.07, 6.45) is 6.09. The Labute approximate surface area is 210 Å². The summed E-state index contributed by atoms with van der Waals surface area (Å²) in [4.78, 5) is 23.8. The van der Waals surface area contributed by atoms with Gasteiger partial charge in [0.1, 0.15) is 6.54 Å². The lowest BCUT2D eigenvalue weighted by Crippen LogP contribution is -2.62. The molecule has 4 rings (SSSR count). The van der Waals surface area contributed by atoms with E-state index in [-0.39, 0.29) is 53.2 Å². The van der Waals surface area contributed by atoms with Crippen LogP contribution in [0.5, 0.6) is 0 Å². The zero-order valence-electron chi connectivity index (χ0n) is 22.0. The van der Waals surface area contributed by atoms with Gasteiger partial charge in [-0.2, -0.15) is 0 Å². The average Bonchev–Trinajstić information content (AvgIpc) is 3.16. The Hall–Kier alpha value is -1.18. The number of esters is 1. The van der Waals surface area contributed by atoms with Gasteiger partial charge >= 0.3 is 5.97 Å². The summed E-state index contributed by atoms with van der Waals surface area (Å²) in [5.41, 5.74) is -0.188. The summed E-state index contributed by atoms with van der Waals surface area (Å²) in [5, 5.41) is 36.0. The van der Waals surface area contributed by atoms with E-state index in [0.717, 1.165) is 44.9 Å². The van der Waals surface area contributed by atoms with Gasteiger partial charge in [-0.15, -0.1) is 0 Å². The molecule has 0 aromatic carbocycles. The molecule has 4 saturated carbocycles. The summed E-state index contributed by atoms with van der Waals surface area (Å²) in [5.74, 6) is 1.09. The van der Waals surface area contributed by atoms with Crippen molar-refractivity contribution in [2.24, 2.45) is 46.3 Å². The molecule has 0 saturated heterocycles. The molecule has 1 amide bonds. The standard InChI is InChI=1S/C28H47NO6/c1-5-35-25(34)15-29-24(33)9-6-16(2)19-7-8-20-26-21(14-23(32)28(19,20)4)27(3)11-10-18(30)12-17(27)13-22(26)31/h16-23,26,30-32H,5-15H2,1-4H3,(H,29,33)/t16-,17+,18-,19-,20?,21?,22-,23+,26?,27+,28-/m1/s1. The third-order valence-electron chi connectivity index (χ3n) is 11.1. The minimum Gasteiger partial charge on any atom is -0.465 e. The van der Waals surface area contributed by atoms with Crippen LogP contribution < -0.4 is 5.32 Å². The van der Waals surface area contributed by atoms with Gasteiger partial charge in [0.05, 0.1) is 24.9 Å². The van der Waals surface area contributed by atoms with Crippen molar-refractivity contribution in [1.82, 2.24) is 5.32 Å². The Kier molecular flexibility index (Phi) is 7.90. The van der Waals surface area contributed by atoms with Crippen LogP contribution in [0.1, 0.15) is 85.5 Å². The Morgan fingerprint density at radius 3 is 2.51 bits per heavy atom. The largest absolute Gasteiger partial charge is 0.465 e. The van der Waals surface area contributed by atoms with Crippen molar-refractivity contribution >= 4 is 11.9 Å². The van der Waals surface area contributed by atoms with E-state index >= 15 is 0 Å². The molecule has 7 nitrogen and oxygen atoms in total. The summed E-state index contributed by atoms with van der Waals surface area (Å²) in [7, 11) is 0. The van der Waals surface area contributed by atoms with Gasteiger partial charge in [0.25, 0.3) is 0 Å². The number of nitrogens with one attached hydrogen (secondary N) is 1.